The number of anilines is 2. The number of nitrogens with zero attached hydrogens (tertiary/aromatic N) is 3. The summed E-state index contributed by atoms with van der Waals surface area (Å²) in [6.45, 7) is 4.61. The van der Waals surface area contributed by atoms with Gasteiger partial charge in [-0.15, -0.1) is 0 Å². The van der Waals surface area contributed by atoms with E-state index in [1.807, 2.05) is 38.9 Å². The summed E-state index contributed by atoms with van der Waals surface area (Å²) in [5, 5.41) is 3.10. The minimum Gasteiger partial charge on any atom is -0.369 e. The molecule has 0 aliphatic rings. The molecular weight excluding hydrogens is 290 g/mol. The first kappa shape index (κ1) is 17.6. The third-order valence-electron chi connectivity index (χ3n) is 2.80. The third kappa shape index (κ3) is 6.72. The molecule has 0 radical (unpaired) electrons. The standard InChI is InChI=1S/C13H25N5O2S/c1-5-6-9-21(19,20)15-8-7-14-12-10-13(18(3)4)17-11(2)16-12/h10,15H,5-9H2,1-4H3,(H,14,16,17). The highest BCUT2D eigenvalue weighted by Gasteiger charge is 2.08. The monoisotopic (exact) mass is 315 g/mol. The van der Waals surface area contributed by atoms with Gasteiger partial charge in [0.1, 0.15) is 17.5 Å². The zero-order chi connectivity index (χ0) is 15.9. The molecule has 0 atom stereocenters. The molecule has 0 saturated heterocycles. The number of hydrogen-bond donors (Lipinski definition) is 2. The van der Waals surface area contributed by atoms with E-state index in [4.69, 9.17) is 0 Å². The number of hydrogen-bond acceptors (Lipinski definition) is 6. The summed E-state index contributed by atoms with van der Waals surface area (Å²) in [4.78, 5) is 10.5. The zero-order valence-corrected chi connectivity index (χ0v) is 14.0. The van der Waals surface area contributed by atoms with Gasteiger partial charge in [0.05, 0.1) is 5.75 Å². The van der Waals surface area contributed by atoms with Crippen molar-refractivity contribution in [2.24, 2.45) is 0 Å². The quantitative estimate of drug-likeness (QED) is 0.661. The Hall–Kier alpha value is -1.41. The van der Waals surface area contributed by atoms with E-state index in [1.54, 1.807) is 0 Å². The minimum absolute atomic E-state index is 0.181. The second-order valence-corrected chi connectivity index (χ2v) is 6.97. The van der Waals surface area contributed by atoms with Crippen molar-refractivity contribution in [2.45, 2.75) is 26.7 Å². The summed E-state index contributed by atoms with van der Waals surface area (Å²) in [6, 6.07) is 1.83. The molecule has 120 valence electrons. The second-order valence-electron chi connectivity index (χ2n) is 5.05. The van der Waals surface area contributed by atoms with Gasteiger partial charge in [0.15, 0.2) is 0 Å². The van der Waals surface area contributed by atoms with Crippen LogP contribution >= 0.6 is 0 Å². The smallest absolute Gasteiger partial charge is 0.211 e. The molecule has 1 aromatic heterocycles. The third-order valence-corrected chi connectivity index (χ3v) is 4.27. The number of sulfonamides is 1. The Morgan fingerprint density at radius 2 is 1.95 bits per heavy atom. The predicted octanol–water partition coefficient (Wildman–Crippen LogP) is 0.982. The molecule has 0 spiro atoms. The number of aromatic nitrogens is 2. The lowest BCUT2D eigenvalue weighted by Gasteiger charge is -2.14. The van der Waals surface area contributed by atoms with Gasteiger partial charge in [-0.25, -0.2) is 23.1 Å². The minimum atomic E-state index is -3.16. The largest absolute Gasteiger partial charge is 0.369 e. The lowest BCUT2D eigenvalue weighted by molar-refractivity contribution is 0.579. The van der Waals surface area contributed by atoms with Gasteiger partial charge in [-0.05, 0) is 13.3 Å². The fourth-order valence-electron chi connectivity index (χ4n) is 1.68. The molecule has 0 amide bonds. The first-order chi connectivity index (χ1) is 9.84. The van der Waals surface area contributed by atoms with Crippen LogP contribution in [0.1, 0.15) is 25.6 Å². The number of unbranched alkanes of at least 4 members (excludes halogenated alkanes) is 1. The Balaban J connectivity index is 2.46. The van der Waals surface area contributed by atoms with E-state index in [1.165, 1.54) is 0 Å². The van der Waals surface area contributed by atoms with Crippen LogP contribution in [0.4, 0.5) is 11.6 Å². The fraction of sp³-hybridized carbons (Fsp3) is 0.692. The Morgan fingerprint density at radius 3 is 2.57 bits per heavy atom. The zero-order valence-electron chi connectivity index (χ0n) is 13.2. The van der Waals surface area contributed by atoms with E-state index in [2.05, 4.69) is 20.0 Å². The molecule has 2 N–H and O–H groups in total. The van der Waals surface area contributed by atoms with Crippen molar-refractivity contribution < 1.29 is 8.42 Å². The number of aryl methyl sites for hydroxylation is 1. The number of nitrogens with one attached hydrogen (secondary N) is 2. The van der Waals surface area contributed by atoms with E-state index in [9.17, 15) is 8.42 Å². The first-order valence-electron chi connectivity index (χ1n) is 7.08. The van der Waals surface area contributed by atoms with Gasteiger partial charge in [0.2, 0.25) is 10.0 Å². The van der Waals surface area contributed by atoms with E-state index in [0.717, 1.165) is 12.2 Å². The highest BCUT2D eigenvalue weighted by atomic mass is 32.2. The summed E-state index contributed by atoms with van der Waals surface area (Å²) in [5.74, 6) is 2.36. The summed E-state index contributed by atoms with van der Waals surface area (Å²) in [6.07, 6.45) is 1.55. The van der Waals surface area contributed by atoms with E-state index in [0.29, 0.717) is 31.2 Å². The molecule has 1 heterocycles. The van der Waals surface area contributed by atoms with Crippen LogP contribution in [-0.2, 0) is 10.0 Å². The van der Waals surface area contributed by atoms with Crippen molar-refractivity contribution in [1.82, 2.24) is 14.7 Å². The molecule has 1 aromatic rings. The lowest BCUT2D eigenvalue weighted by Crippen LogP contribution is -2.31. The van der Waals surface area contributed by atoms with Crippen LogP contribution in [0, 0.1) is 6.92 Å². The molecule has 8 heteroatoms. The Bertz CT molecular complexity index is 545. The van der Waals surface area contributed by atoms with Gasteiger partial charge in [0.25, 0.3) is 0 Å². The van der Waals surface area contributed by atoms with Crippen LogP contribution in [-0.4, -0.2) is 51.3 Å². The van der Waals surface area contributed by atoms with Crippen LogP contribution < -0.4 is 14.9 Å². The summed E-state index contributed by atoms with van der Waals surface area (Å²) >= 11 is 0. The van der Waals surface area contributed by atoms with E-state index >= 15 is 0 Å². The highest BCUT2D eigenvalue weighted by Crippen LogP contribution is 2.12. The second kappa shape index (κ2) is 8.14. The molecule has 21 heavy (non-hydrogen) atoms. The maximum absolute atomic E-state index is 11.6. The lowest BCUT2D eigenvalue weighted by atomic mass is 10.4. The van der Waals surface area contributed by atoms with Crippen LogP contribution in [0.2, 0.25) is 0 Å². The van der Waals surface area contributed by atoms with Crippen molar-refractivity contribution in [3.63, 3.8) is 0 Å². The number of rotatable bonds is 9. The molecule has 1 rings (SSSR count). The van der Waals surface area contributed by atoms with Crippen molar-refractivity contribution in [2.75, 3.05) is 43.2 Å². The van der Waals surface area contributed by atoms with E-state index < -0.39 is 10.0 Å². The topological polar surface area (TPSA) is 87.2 Å². The van der Waals surface area contributed by atoms with E-state index in [-0.39, 0.29) is 5.75 Å². The van der Waals surface area contributed by atoms with Crippen molar-refractivity contribution in [3.05, 3.63) is 11.9 Å². The highest BCUT2D eigenvalue weighted by molar-refractivity contribution is 7.89. The van der Waals surface area contributed by atoms with Crippen LogP contribution in [0.25, 0.3) is 0 Å². The molecule has 7 nitrogen and oxygen atoms in total. The van der Waals surface area contributed by atoms with Gasteiger partial charge < -0.3 is 10.2 Å². The average molecular weight is 315 g/mol. The average Bonchev–Trinajstić information content (AvgIpc) is 2.41. The molecule has 0 aliphatic heterocycles. The predicted molar refractivity (Wildman–Crippen MR) is 86.3 cm³/mol. The Kier molecular flexibility index (Phi) is 6.83. The first-order valence-corrected chi connectivity index (χ1v) is 8.73. The molecule has 0 aromatic carbocycles. The summed E-state index contributed by atoms with van der Waals surface area (Å²) < 4.78 is 25.8. The Morgan fingerprint density at radius 1 is 1.24 bits per heavy atom. The van der Waals surface area contributed by atoms with Crippen LogP contribution in [0.15, 0.2) is 6.07 Å². The van der Waals surface area contributed by atoms with Crippen molar-refractivity contribution >= 4 is 21.7 Å². The molecule has 0 unspecified atom stereocenters. The molecule has 0 aliphatic carbocycles. The normalized spacial score (nSPS) is 11.4. The van der Waals surface area contributed by atoms with Gasteiger partial charge in [0, 0.05) is 33.3 Å². The maximum Gasteiger partial charge on any atom is 0.211 e. The SMILES string of the molecule is CCCCS(=O)(=O)NCCNc1cc(N(C)C)nc(C)n1. The van der Waals surface area contributed by atoms with Crippen molar-refractivity contribution in [1.29, 1.82) is 0 Å². The van der Waals surface area contributed by atoms with Gasteiger partial charge in [-0.2, -0.15) is 0 Å². The molecule has 0 fully saturated rings. The van der Waals surface area contributed by atoms with Gasteiger partial charge in [-0.1, -0.05) is 13.3 Å². The summed E-state index contributed by atoms with van der Waals surface area (Å²) in [5.41, 5.74) is 0. The fourth-order valence-corrected chi connectivity index (χ4v) is 2.90. The van der Waals surface area contributed by atoms with Crippen LogP contribution in [0.3, 0.4) is 0 Å². The van der Waals surface area contributed by atoms with Crippen LogP contribution in [0.5, 0.6) is 0 Å². The molecule has 0 bridgehead atoms. The summed E-state index contributed by atoms with van der Waals surface area (Å²) in [7, 11) is 0.661. The molecule has 0 saturated carbocycles. The maximum atomic E-state index is 11.6. The molecular formula is C13H25N5O2S. The van der Waals surface area contributed by atoms with Gasteiger partial charge >= 0.3 is 0 Å². The van der Waals surface area contributed by atoms with Gasteiger partial charge in [-0.3, -0.25) is 0 Å². The Labute approximate surface area is 127 Å². The van der Waals surface area contributed by atoms with Crippen molar-refractivity contribution in [3.8, 4) is 0 Å².